The Morgan fingerprint density at radius 3 is 2.87 bits per heavy atom. The van der Waals surface area contributed by atoms with Crippen LogP contribution in [-0.2, 0) is 0 Å². The lowest BCUT2D eigenvalue weighted by Crippen LogP contribution is -2.23. The third-order valence-corrected chi connectivity index (χ3v) is 2.03. The number of benzene rings is 1. The van der Waals surface area contributed by atoms with Gasteiger partial charge in [0.05, 0.1) is 0 Å². The van der Waals surface area contributed by atoms with Crippen molar-refractivity contribution in [2.45, 2.75) is 0 Å². The zero-order valence-electron chi connectivity index (χ0n) is 9.16. The Bertz CT molecular complexity index is 358. The third-order valence-electron chi connectivity index (χ3n) is 2.03. The second kappa shape index (κ2) is 5.20. The van der Waals surface area contributed by atoms with E-state index >= 15 is 0 Å². The maximum Gasteiger partial charge on any atom is 0.251 e. The topological polar surface area (TPSA) is 32.3 Å². The van der Waals surface area contributed by atoms with Crippen molar-refractivity contribution in [1.82, 2.24) is 5.32 Å². The van der Waals surface area contributed by atoms with E-state index in [9.17, 15) is 4.79 Å². The molecule has 0 atom stereocenters. The summed E-state index contributed by atoms with van der Waals surface area (Å²) >= 11 is 0. The van der Waals surface area contributed by atoms with Gasteiger partial charge in [0, 0.05) is 31.9 Å². The number of anilines is 1. The lowest BCUT2D eigenvalue weighted by Gasteiger charge is -2.13. The van der Waals surface area contributed by atoms with E-state index in [1.165, 1.54) is 0 Å². The summed E-state index contributed by atoms with van der Waals surface area (Å²) in [7, 11) is 3.89. The summed E-state index contributed by atoms with van der Waals surface area (Å²) in [5, 5.41) is 2.74. The number of amides is 1. The van der Waals surface area contributed by atoms with Gasteiger partial charge >= 0.3 is 0 Å². The van der Waals surface area contributed by atoms with Crippen LogP contribution in [-0.4, -0.2) is 26.5 Å². The van der Waals surface area contributed by atoms with Gasteiger partial charge in [-0.15, -0.1) is 6.58 Å². The minimum Gasteiger partial charge on any atom is -0.378 e. The van der Waals surface area contributed by atoms with E-state index in [1.807, 2.05) is 37.2 Å². The molecule has 3 nitrogen and oxygen atoms in total. The van der Waals surface area contributed by atoms with E-state index in [-0.39, 0.29) is 5.91 Å². The highest BCUT2D eigenvalue weighted by Crippen LogP contribution is 2.12. The van der Waals surface area contributed by atoms with Crippen LogP contribution in [0.25, 0.3) is 0 Å². The minimum absolute atomic E-state index is 0.0707. The Morgan fingerprint density at radius 2 is 2.27 bits per heavy atom. The Labute approximate surface area is 90.4 Å². The molecule has 0 saturated carbocycles. The smallest absolute Gasteiger partial charge is 0.251 e. The maximum atomic E-state index is 11.6. The number of carbonyl (C=O) groups excluding carboxylic acids is 1. The van der Waals surface area contributed by atoms with Crippen molar-refractivity contribution < 1.29 is 4.79 Å². The van der Waals surface area contributed by atoms with Crippen molar-refractivity contribution in [3.63, 3.8) is 0 Å². The number of rotatable bonds is 4. The molecule has 1 aromatic carbocycles. The molecule has 1 amide bonds. The third kappa shape index (κ3) is 3.13. The van der Waals surface area contributed by atoms with E-state index < -0.39 is 0 Å². The summed E-state index contributed by atoms with van der Waals surface area (Å²) in [6.45, 7) is 4.04. The first kappa shape index (κ1) is 11.3. The molecule has 0 spiro atoms. The number of hydrogen-bond donors (Lipinski definition) is 1. The van der Waals surface area contributed by atoms with Gasteiger partial charge in [0.2, 0.25) is 0 Å². The minimum atomic E-state index is -0.0707. The zero-order valence-corrected chi connectivity index (χ0v) is 9.16. The molecule has 80 valence electrons. The Morgan fingerprint density at radius 1 is 1.53 bits per heavy atom. The Hall–Kier alpha value is -1.77. The Kier molecular flexibility index (Phi) is 3.92. The Balaban J connectivity index is 2.80. The van der Waals surface area contributed by atoms with Crippen LogP contribution in [0.1, 0.15) is 10.4 Å². The molecule has 0 aliphatic rings. The molecular formula is C12H16N2O. The molecule has 0 saturated heterocycles. The van der Waals surface area contributed by atoms with Gasteiger partial charge in [-0.1, -0.05) is 12.1 Å². The first-order valence-electron chi connectivity index (χ1n) is 4.81. The molecule has 1 aromatic rings. The standard InChI is InChI=1S/C12H16N2O/c1-4-8-13-12(15)10-6-5-7-11(9-10)14(2)3/h4-7,9H,1,8H2,2-3H3,(H,13,15). The summed E-state index contributed by atoms with van der Waals surface area (Å²) in [6.07, 6.45) is 1.66. The van der Waals surface area contributed by atoms with Crippen LogP contribution < -0.4 is 10.2 Å². The molecule has 1 rings (SSSR count). The maximum absolute atomic E-state index is 11.6. The summed E-state index contributed by atoms with van der Waals surface area (Å²) in [6, 6.07) is 7.49. The molecule has 0 fully saturated rings. The fourth-order valence-electron chi connectivity index (χ4n) is 1.19. The number of carbonyl (C=O) groups is 1. The molecule has 15 heavy (non-hydrogen) atoms. The van der Waals surface area contributed by atoms with Crippen molar-refractivity contribution >= 4 is 11.6 Å². The summed E-state index contributed by atoms with van der Waals surface area (Å²) < 4.78 is 0. The molecule has 0 aliphatic heterocycles. The molecule has 0 unspecified atom stereocenters. The van der Waals surface area contributed by atoms with Crippen LogP contribution in [0.15, 0.2) is 36.9 Å². The lowest BCUT2D eigenvalue weighted by atomic mass is 10.2. The molecule has 3 heteroatoms. The second-order valence-corrected chi connectivity index (χ2v) is 3.44. The molecular weight excluding hydrogens is 188 g/mol. The van der Waals surface area contributed by atoms with Gasteiger partial charge in [-0.05, 0) is 18.2 Å². The average molecular weight is 204 g/mol. The molecule has 0 bridgehead atoms. The van der Waals surface area contributed by atoms with Gasteiger partial charge in [0.25, 0.3) is 5.91 Å². The first-order valence-corrected chi connectivity index (χ1v) is 4.81. The molecule has 0 aromatic heterocycles. The average Bonchev–Trinajstić information content (AvgIpc) is 2.26. The fraction of sp³-hybridized carbons (Fsp3) is 0.250. The van der Waals surface area contributed by atoms with E-state index in [4.69, 9.17) is 0 Å². The van der Waals surface area contributed by atoms with E-state index in [2.05, 4.69) is 11.9 Å². The highest BCUT2D eigenvalue weighted by atomic mass is 16.1. The van der Waals surface area contributed by atoms with Crippen LogP contribution in [0.5, 0.6) is 0 Å². The largest absolute Gasteiger partial charge is 0.378 e. The quantitative estimate of drug-likeness (QED) is 0.757. The van der Waals surface area contributed by atoms with Gasteiger partial charge < -0.3 is 10.2 Å². The van der Waals surface area contributed by atoms with Crippen LogP contribution in [0.2, 0.25) is 0 Å². The van der Waals surface area contributed by atoms with Crippen LogP contribution in [0, 0.1) is 0 Å². The summed E-state index contributed by atoms with van der Waals surface area (Å²) in [5.41, 5.74) is 1.68. The molecule has 0 aliphatic carbocycles. The van der Waals surface area contributed by atoms with Crippen LogP contribution in [0.4, 0.5) is 5.69 Å². The van der Waals surface area contributed by atoms with Crippen molar-refractivity contribution in [2.75, 3.05) is 25.5 Å². The zero-order chi connectivity index (χ0) is 11.3. The SMILES string of the molecule is C=CCNC(=O)c1cccc(N(C)C)c1. The van der Waals surface area contributed by atoms with Crippen molar-refractivity contribution in [3.8, 4) is 0 Å². The highest BCUT2D eigenvalue weighted by Gasteiger charge is 2.05. The lowest BCUT2D eigenvalue weighted by molar-refractivity contribution is 0.0958. The van der Waals surface area contributed by atoms with Crippen LogP contribution >= 0.6 is 0 Å². The molecule has 1 N–H and O–H groups in total. The van der Waals surface area contributed by atoms with Crippen molar-refractivity contribution in [2.24, 2.45) is 0 Å². The molecule has 0 radical (unpaired) electrons. The van der Waals surface area contributed by atoms with Gasteiger partial charge in [-0.2, -0.15) is 0 Å². The van der Waals surface area contributed by atoms with E-state index in [1.54, 1.807) is 12.1 Å². The van der Waals surface area contributed by atoms with Gasteiger partial charge in [0.15, 0.2) is 0 Å². The van der Waals surface area contributed by atoms with Gasteiger partial charge in [-0.3, -0.25) is 4.79 Å². The summed E-state index contributed by atoms with van der Waals surface area (Å²) in [5.74, 6) is -0.0707. The predicted molar refractivity (Wildman–Crippen MR) is 63.3 cm³/mol. The normalized spacial score (nSPS) is 9.47. The molecule has 0 heterocycles. The highest BCUT2D eigenvalue weighted by molar-refractivity contribution is 5.95. The van der Waals surface area contributed by atoms with Crippen LogP contribution in [0.3, 0.4) is 0 Å². The predicted octanol–water partition coefficient (Wildman–Crippen LogP) is 1.67. The van der Waals surface area contributed by atoms with Crippen molar-refractivity contribution in [3.05, 3.63) is 42.5 Å². The number of hydrogen-bond acceptors (Lipinski definition) is 2. The monoisotopic (exact) mass is 204 g/mol. The number of nitrogens with one attached hydrogen (secondary N) is 1. The number of nitrogens with zero attached hydrogens (tertiary/aromatic N) is 1. The van der Waals surface area contributed by atoms with Crippen molar-refractivity contribution in [1.29, 1.82) is 0 Å². The van der Waals surface area contributed by atoms with Gasteiger partial charge in [0.1, 0.15) is 0 Å². The second-order valence-electron chi connectivity index (χ2n) is 3.44. The first-order chi connectivity index (χ1) is 7.15. The van der Waals surface area contributed by atoms with E-state index in [0.29, 0.717) is 12.1 Å². The summed E-state index contributed by atoms with van der Waals surface area (Å²) in [4.78, 5) is 13.6. The van der Waals surface area contributed by atoms with Gasteiger partial charge in [-0.25, -0.2) is 0 Å². The van der Waals surface area contributed by atoms with E-state index in [0.717, 1.165) is 5.69 Å². The fourth-order valence-corrected chi connectivity index (χ4v) is 1.19.